The minimum atomic E-state index is -2.66. The highest BCUT2D eigenvalue weighted by molar-refractivity contribution is 8.07. The van der Waals surface area contributed by atoms with Gasteiger partial charge in [0.25, 0.3) is 0 Å². The minimum absolute atomic E-state index is 0.232. The van der Waals surface area contributed by atoms with Crippen molar-refractivity contribution in [1.29, 1.82) is 0 Å². The quantitative estimate of drug-likeness (QED) is 0.786. The van der Waals surface area contributed by atoms with Crippen LogP contribution in [0.15, 0.2) is 60.7 Å². The van der Waals surface area contributed by atoms with Gasteiger partial charge in [-0.3, -0.25) is 9.05 Å². The molecule has 0 aliphatic carbocycles. The SMILES string of the molecule is COP1(=S)O[C@H](c2ccccc2)[C@H](c2ccccc2)O1. The van der Waals surface area contributed by atoms with Gasteiger partial charge in [0.05, 0.1) is 0 Å². The molecular weight excluding hydrogens is 291 g/mol. The van der Waals surface area contributed by atoms with Gasteiger partial charge in [0, 0.05) is 7.11 Å². The monoisotopic (exact) mass is 306 g/mol. The molecule has 5 heteroatoms. The molecule has 0 saturated carbocycles. The van der Waals surface area contributed by atoms with Crippen molar-refractivity contribution < 1.29 is 13.6 Å². The summed E-state index contributed by atoms with van der Waals surface area (Å²) in [4.78, 5) is 0. The van der Waals surface area contributed by atoms with E-state index in [4.69, 9.17) is 25.4 Å². The predicted octanol–water partition coefficient (Wildman–Crippen LogP) is 4.39. The second-order valence-corrected chi connectivity index (χ2v) is 7.53. The maximum Gasteiger partial charge on any atom is 0.328 e. The molecule has 1 fully saturated rings. The van der Waals surface area contributed by atoms with Crippen molar-refractivity contribution in [2.45, 2.75) is 12.2 Å². The number of rotatable bonds is 3. The van der Waals surface area contributed by atoms with Crippen molar-refractivity contribution in [3.63, 3.8) is 0 Å². The number of benzene rings is 2. The smallest absolute Gasteiger partial charge is 0.312 e. The molecule has 3 rings (SSSR count). The van der Waals surface area contributed by atoms with E-state index in [0.29, 0.717) is 0 Å². The van der Waals surface area contributed by atoms with Gasteiger partial charge in [0.2, 0.25) is 0 Å². The highest BCUT2D eigenvalue weighted by atomic mass is 32.5. The third-order valence-electron chi connectivity index (χ3n) is 3.24. The van der Waals surface area contributed by atoms with Crippen molar-refractivity contribution in [3.05, 3.63) is 71.8 Å². The molecule has 0 spiro atoms. The van der Waals surface area contributed by atoms with Crippen molar-refractivity contribution in [2.24, 2.45) is 0 Å². The Labute approximate surface area is 123 Å². The molecular formula is C15H15O3PS. The Bertz CT molecular complexity index is 566. The third kappa shape index (κ3) is 2.71. The van der Waals surface area contributed by atoms with Gasteiger partial charge in [-0.1, -0.05) is 60.7 Å². The summed E-state index contributed by atoms with van der Waals surface area (Å²) in [5, 5.41) is 0. The Morgan fingerprint density at radius 2 is 1.25 bits per heavy atom. The maximum atomic E-state index is 5.93. The van der Waals surface area contributed by atoms with Crippen LogP contribution in [0.2, 0.25) is 0 Å². The molecule has 0 aromatic heterocycles. The molecule has 104 valence electrons. The van der Waals surface area contributed by atoms with Gasteiger partial charge >= 0.3 is 6.72 Å². The zero-order chi connectivity index (χ0) is 14.0. The van der Waals surface area contributed by atoms with Gasteiger partial charge in [-0.05, 0) is 22.9 Å². The van der Waals surface area contributed by atoms with E-state index < -0.39 is 6.72 Å². The molecule has 1 heterocycles. The first kappa shape index (κ1) is 13.9. The molecule has 0 N–H and O–H groups in total. The van der Waals surface area contributed by atoms with E-state index in [1.54, 1.807) is 0 Å². The van der Waals surface area contributed by atoms with Crippen LogP contribution in [0.4, 0.5) is 0 Å². The summed E-state index contributed by atoms with van der Waals surface area (Å²) in [6.07, 6.45) is -0.464. The molecule has 0 radical (unpaired) electrons. The lowest BCUT2D eigenvalue weighted by Gasteiger charge is -2.16. The molecule has 2 aromatic carbocycles. The van der Waals surface area contributed by atoms with Crippen LogP contribution in [0.1, 0.15) is 23.3 Å². The topological polar surface area (TPSA) is 27.7 Å². The fourth-order valence-electron chi connectivity index (χ4n) is 2.26. The standard InChI is InChI=1S/C15H15O3PS/c1-16-19(20)17-14(12-8-4-2-5-9-12)15(18-19)13-10-6-3-7-11-13/h2-11,14-15H,1H3/t14-,15+,19?. The van der Waals surface area contributed by atoms with Crippen molar-refractivity contribution in [3.8, 4) is 0 Å². The van der Waals surface area contributed by atoms with Gasteiger partial charge < -0.3 is 4.52 Å². The average Bonchev–Trinajstić information content (AvgIpc) is 2.88. The fraction of sp³-hybridized carbons (Fsp3) is 0.200. The normalized spacial score (nSPS) is 29.4. The van der Waals surface area contributed by atoms with Gasteiger partial charge in [-0.25, -0.2) is 0 Å². The Morgan fingerprint density at radius 3 is 1.60 bits per heavy atom. The number of hydrogen-bond acceptors (Lipinski definition) is 4. The molecule has 1 aliphatic rings. The predicted molar refractivity (Wildman–Crippen MR) is 81.8 cm³/mol. The molecule has 0 bridgehead atoms. The van der Waals surface area contributed by atoms with Crippen LogP contribution < -0.4 is 0 Å². The molecule has 1 aliphatic heterocycles. The van der Waals surface area contributed by atoms with Crippen LogP contribution >= 0.6 is 6.72 Å². The zero-order valence-corrected chi connectivity index (χ0v) is 12.7. The molecule has 0 amide bonds. The van der Waals surface area contributed by atoms with E-state index >= 15 is 0 Å². The third-order valence-corrected chi connectivity index (χ3v) is 5.62. The van der Waals surface area contributed by atoms with Crippen LogP contribution in [-0.2, 0) is 25.4 Å². The summed E-state index contributed by atoms with van der Waals surface area (Å²) in [5.74, 6) is 0. The zero-order valence-electron chi connectivity index (χ0n) is 11.0. The van der Waals surface area contributed by atoms with E-state index in [0.717, 1.165) is 11.1 Å². The second kappa shape index (κ2) is 5.76. The lowest BCUT2D eigenvalue weighted by Crippen LogP contribution is -2.06. The summed E-state index contributed by atoms with van der Waals surface area (Å²) in [6, 6.07) is 20.0. The van der Waals surface area contributed by atoms with E-state index in [2.05, 4.69) is 0 Å². The highest BCUT2D eigenvalue weighted by Crippen LogP contribution is 2.65. The van der Waals surface area contributed by atoms with Crippen molar-refractivity contribution in [1.82, 2.24) is 0 Å². The molecule has 1 saturated heterocycles. The summed E-state index contributed by atoms with van der Waals surface area (Å²) >= 11 is 5.37. The Kier molecular flexibility index (Phi) is 4.01. The first-order chi connectivity index (χ1) is 9.72. The van der Waals surface area contributed by atoms with Gasteiger partial charge in [0.1, 0.15) is 12.2 Å². The van der Waals surface area contributed by atoms with Crippen molar-refractivity contribution >= 4 is 18.5 Å². The average molecular weight is 306 g/mol. The van der Waals surface area contributed by atoms with E-state index in [9.17, 15) is 0 Å². The molecule has 3 atom stereocenters. The number of hydrogen-bond donors (Lipinski definition) is 0. The van der Waals surface area contributed by atoms with Crippen LogP contribution in [0.25, 0.3) is 0 Å². The van der Waals surface area contributed by atoms with E-state index in [1.165, 1.54) is 7.11 Å². The van der Waals surface area contributed by atoms with E-state index in [-0.39, 0.29) is 12.2 Å². The first-order valence-corrected chi connectivity index (χ1v) is 8.90. The Morgan fingerprint density at radius 1 is 0.850 bits per heavy atom. The minimum Gasteiger partial charge on any atom is -0.312 e. The van der Waals surface area contributed by atoms with Gasteiger partial charge in [0.15, 0.2) is 0 Å². The molecule has 2 aromatic rings. The van der Waals surface area contributed by atoms with Crippen LogP contribution in [-0.4, -0.2) is 7.11 Å². The first-order valence-electron chi connectivity index (χ1n) is 6.34. The Balaban J connectivity index is 1.99. The van der Waals surface area contributed by atoms with Crippen molar-refractivity contribution in [2.75, 3.05) is 7.11 Å². The summed E-state index contributed by atoms with van der Waals surface area (Å²) in [6.45, 7) is -2.66. The van der Waals surface area contributed by atoms with Gasteiger partial charge in [-0.2, -0.15) is 0 Å². The summed E-state index contributed by atoms with van der Waals surface area (Å²) < 4.78 is 17.1. The molecule has 1 unspecified atom stereocenters. The molecule has 20 heavy (non-hydrogen) atoms. The lowest BCUT2D eigenvalue weighted by atomic mass is 9.99. The Hall–Kier alpha value is -1.03. The summed E-state index contributed by atoms with van der Waals surface area (Å²) in [7, 11) is 1.54. The summed E-state index contributed by atoms with van der Waals surface area (Å²) in [5.41, 5.74) is 2.09. The largest absolute Gasteiger partial charge is 0.328 e. The lowest BCUT2D eigenvalue weighted by molar-refractivity contribution is 0.159. The highest BCUT2D eigenvalue weighted by Gasteiger charge is 2.43. The van der Waals surface area contributed by atoms with Crippen LogP contribution in [0.3, 0.4) is 0 Å². The van der Waals surface area contributed by atoms with Gasteiger partial charge in [-0.15, -0.1) is 0 Å². The fourth-order valence-corrected chi connectivity index (χ4v) is 4.06. The maximum absolute atomic E-state index is 5.93. The van der Waals surface area contributed by atoms with E-state index in [1.807, 2.05) is 60.7 Å². The van der Waals surface area contributed by atoms with Crippen LogP contribution in [0, 0.1) is 0 Å². The second-order valence-electron chi connectivity index (χ2n) is 4.50. The van der Waals surface area contributed by atoms with Crippen LogP contribution in [0.5, 0.6) is 0 Å². The molecule has 3 nitrogen and oxygen atoms in total.